The van der Waals surface area contributed by atoms with Gasteiger partial charge in [-0.15, -0.1) is 0 Å². The van der Waals surface area contributed by atoms with Gasteiger partial charge in [-0.25, -0.2) is 4.39 Å². The highest BCUT2D eigenvalue weighted by atomic mass is 31.2. The van der Waals surface area contributed by atoms with Crippen LogP contribution in [0, 0.1) is 5.41 Å². The van der Waals surface area contributed by atoms with E-state index in [0.717, 1.165) is 24.3 Å². The van der Waals surface area contributed by atoms with Crippen molar-refractivity contribution in [2.24, 2.45) is 5.41 Å². The summed E-state index contributed by atoms with van der Waals surface area (Å²) in [4.78, 5) is 0. The fourth-order valence-electron chi connectivity index (χ4n) is 4.01. The van der Waals surface area contributed by atoms with Crippen molar-refractivity contribution in [2.75, 3.05) is 24.1 Å². The molecule has 0 aromatic carbocycles. The van der Waals surface area contributed by atoms with Crippen LogP contribution in [0.2, 0.25) is 5.82 Å². The van der Waals surface area contributed by atoms with E-state index in [9.17, 15) is 4.39 Å². The lowest BCUT2D eigenvalue weighted by atomic mass is 9.73. The quantitative estimate of drug-likeness (QED) is 0.268. The molecule has 4 unspecified atom stereocenters. The lowest BCUT2D eigenvalue weighted by Crippen LogP contribution is -2.32. The van der Waals surface area contributed by atoms with Crippen LogP contribution in [0.15, 0.2) is 11.4 Å². The number of hydrogen-bond donors (Lipinski definition) is 0. The van der Waals surface area contributed by atoms with Gasteiger partial charge in [-0.3, -0.25) is 0 Å². The second-order valence-electron chi connectivity index (χ2n) is 8.74. The molecule has 1 aliphatic carbocycles. The summed E-state index contributed by atoms with van der Waals surface area (Å²) in [7, 11) is 5.58. The maximum absolute atomic E-state index is 14.3. The third-order valence-electron chi connectivity index (χ3n) is 6.20. The molecule has 0 fully saturated rings. The lowest BCUT2D eigenvalue weighted by molar-refractivity contribution is 0.324. The molecule has 0 amide bonds. The zero-order valence-electron chi connectivity index (χ0n) is 17.2. The van der Waals surface area contributed by atoms with Crippen LogP contribution in [-0.4, -0.2) is 56.0 Å². The van der Waals surface area contributed by atoms with Crippen molar-refractivity contribution in [3.63, 3.8) is 0 Å². The van der Waals surface area contributed by atoms with Crippen molar-refractivity contribution in [1.29, 1.82) is 0 Å². The molecule has 148 valence electrons. The van der Waals surface area contributed by atoms with Gasteiger partial charge in [0, 0.05) is 0 Å². The van der Waals surface area contributed by atoms with E-state index in [0.29, 0.717) is 6.42 Å². The average molecular weight is 416 g/mol. The van der Waals surface area contributed by atoms with Gasteiger partial charge in [-0.1, -0.05) is 34.5 Å². The molecular weight excluding hydrogens is 375 g/mol. The summed E-state index contributed by atoms with van der Waals surface area (Å²) in [6.45, 7) is 11.9. The zero-order chi connectivity index (χ0) is 19.6. The van der Waals surface area contributed by atoms with Gasteiger partial charge < -0.3 is 0 Å². The van der Waals surface area contributed by atoms with Gasteiger partial charge in [-0.05, 0) is 62.5 Å². The standard InChI is InChI=1S/C20H37BFP3.CH4/c1-10-23(7)14-25(9,15-24(8)11-2)19(4,5)13-20(6)12-17(21)18(22)16(20)3;/h17H,7-15H2,1-6H3;1H4/q+2;. The first kappa shape index (κ1) is 26.4. The van der Waals surface area contributed by atoms with E-state index in [2.05, 4.69) is 47.2 Å². The fourth-order valence-corrected chi connectivity index (χ4v) is 16.7. The van der Waals surface area contributed by atoms with E-state index in [-0.39, 0.29) is 38.9 Å². The average Bonchev–Trinajstić information content (AvgIpc) is 2.69. The van der Waals surface area contributed by atoms with Gasteiger partial charge in [0.1, 0.15) is 24.1 Å². The SMILES string of the molecule is C.[B]C1CC(C)(CC(C)(C)P(=C)(C[P+](=C)CC)C[P+](=C)CC)C(C)=C1F. The first-order valence-electron chi connectivity index (χ1n) is 9.26. The Labute approximate surface area is 167 Å². The molecule has 0 aliphatic heterocycles. The van der Waals surface area contributed by atoms with Crippen molar-refractivity contribution in [3.8, 4) is 0 Å². The van der Waals surface area contributed by atoms with Crippen LogP contribution in [0.4, 0.5) is 4.39 Å². The molecule has 0 aromatic rings. The highest BCUT2D eigenvalue weighted by Crippen LogP contribution is 2.69. The number of halogens is 1. The Morgan fingerprint density at radius 3 is 1.96 bits per heavy atom. The molecule has 0 spiro atoms. The monoisotopic (exact) mass is 416 g/mol. The van der Waals surface area contributed by atoms with Crippen LogP contribution >= 0.6 is 22.0 Å². The van der Waals surface area contributed by atoms with Crippen LogP contribution < -0.4 is 0 Å². The van der Waals surface area contributed by atoms with Crippen LogP contribution in [0.3, 0.4) is 0 Å². The maximum Gasteiger partial charge on any atom is 0.127 e. The van der Waals surface area contributed by atoms with Gasteiger partial charge in [0.25, 0.3) is 0 Å². The van der Waals surface area contributed by atoms with Gasteiger partial charge in [-0.2, -0.15) is 0 Å². The van der Waals surface area contributed by atoms with Crippen LogP contribution in [-0.2, 0) is 0 Å². The van der Waals surface area contributed by atoms with Crippen molar-refractivity contribution >= 4 is 48.7 Å². The van der Waals surface area contributed by atoms with Crippen molar-refractivity contribution in [2.45, 2.75) is 72.8 Å². The second-order valence-corrected chi connectivity index (χ2v) is 18.4. The van der Waals surface area contributed by atoms with Gasteiger partial charge in [0.05, 0.1) is 41.4 Å². The Hall–Kier alpha value is 0.375. The molecule has 5 heteroatoms. The Morgan fingerprint density at radius 2 is 1.65 bits per heavy atom. The van der Waals surface area contributed by atoms with Crippen LogP contribution in [0.1, 0.15) is 61.8 Å². The smallest absolute Gasteiger partial charge is 0.127 e. The highest BCUT2D eigenvalue weighted by Gasteiger charge is 2.48. The minimum Gasteiger partial charge on any atom is -0.212 e. The van der Waals surface area contributed by atoms with Crippen molar-refractivity contribution < 1.29 is 4.39 Å². The Morgan fingerprint density at radius 1 is 1.23 bits per heavy atom. The molecule has 0 nitrogen and oxygen atoms in total. The molecule has 2 radical (unpaired) electrons. The lowest BCUT2D eigenvalue weighted by Gasteiger charge is -2.43. The summed E-state index contributed by atoms with van der Waals surface area (Å²) >= 11 is 0. The largest absolute Gasteiger partial charge is 0.212 e. The summed E-state index contributed by atoms with van der Waals surface area (Å²) in [5.41, 5.74) is 0.710. The van der Waals surface area contributed by atoms with Gasteiger partial charge in [0.15, 0.2) is 0 Å². The Kier molecular flexibility index (Phi) is 9.86. The molecule has 0 aromatic heterocycles. The van der Waals surface area contributed by atoms with Crippen LogP contribution in [0.5, 0.6) is 0 Å². The molecule has 0 saturated heterocycles. The predicted octanol–water partition coefficient (Wildman–Crippen LogP) is 7.63. The van der Waals surface area contributed by atoms with E-state index < -0.39 is 12.7 Å². The van der Waals surface area contributed by atoms with E-state index in [4.69, 9.17) is 14.1 Å². The van der Waals surface area contributed by atoms with E-state index in [1.54, 1.807) is 0 Å². The molecule has 1 rings (SSSR count). The zero-order valence-corrected chi connectivity index (χ0v) is 19.9. The molecule has 4 atom stereocenters. The van der Waals surface area contributed by atoms with Gasteiger partial charge >= 0.3 is 0 Å². The molecule has 26 heavy (non-hydrogen) atoms. The number of hydrogen-bond acceptors (Lipinski definition) is 0. The van der Waals surface area contributed by atoms with Crippen molar-refractivity contribution in [3.05, 3.63) is 11.4 Å². The van der Waals surface area contributed by atoms with E-state index in [1.807, 2.05) is 6.92 Å². The predicted molar refractivity (Wildman–Crippen MR) is 134 cm³/mol. The third-order valence-corrected chi connectivity index (χ3v) is 18.2. The first-order chi connectivity index (χ1) is 11.3. The minimum atomic E-state index is -1.48. The summed E-state index contributed by atoms with van der Waals surface area (Å²) in [5, 5.41) is 0.0915. The second kappa shape index (κ2) is 9.72. The maximum atomic E-state index is 14.3. The first-order valence-corrected chi connectivity index (χ1v) is 15.4. The number of rotatable bonds is 9. The van der Waals surface area contributed by atoms with Gasteiger partial charge in [0.2, 0.25) is 0 Å². The molecule has 0 saturated carbocycles. The summed E-state index contributed by atoms with van der Waals surface area (Å²) in [5.74, 6) is 1.83. The molecule has 0 N–H and O–H groups in total. The van der Waals surface area contributed by atoms with E-state index >= 15 is 0 Å². The Bertz CT molecular complexity index is 599. The summed E-state index contributed by atoms with van der Waals surface area (Å²) < 4.78 is 14.3. The minimum absolute atomic E-state index is 0. The molecule has 0 bridgehead atoms. The normalized spacial score (nSPS) is 27.0. The summed E-state index contributed by atoms with van der Waals surface area (Å²) in [6, 6.07) is 0. The van der Waals surface area contributed by atoms with Crippen LogP contribution in [0.25, 0.3) is 0 Å². The third kappa shape index (κ3) is 5.69. The fraction of sp³-hybridized carbons (Fsp3) is 0.762. The topological polar surface area (TPSA) is 0 Å². The molecule has 1 aliphatic rings. The van der Waals surface area contributed by atoms with E-state index in [1.165, 1.54) is 11.8 Å². The van der Waals surface area contributed by atoms with Crippen molar-refractivity contribution in [1.82, 2.24) is 0 Å². The highest BCUT2D eigenvalue weighted by molar-refractivity contribution is 7.89. The Balaban J connectivity index is 0.00000625. The summed E-state index contributed by atoms with van der Waals surface area (Å²) in [6.07, 6.45) is 17.7. The molecular formula is C21H41BFP3+2. The molecule has 0 heterocycles. The number of allylic oxidation sites excluding steroid dienone is 2.